The molecule has 114 valence electrons. The summed E-state index contributed by atoms with van der Waals surface area (Å²) in [6, 6.07) is -0.268. The Morgan fingerprint density at radius 3 is 3.05 bits per heavy atom. The van der Waals surface area contributed by atoms with Crippen molar-refractivity contribution in [2.45, 2.75) is 51.0 Å². The van der Waals surface area contributed by atoms with Crippen molar-refractivity contribution in [1.29, 1.82) is 0 Å². The molecular weight excluding hydrogens is 262 g/mol. The third-order valence-electron chi connectivity index (χ3n) is 4.13. The number of fused-ring (bicyclic) bond motifs is 1. The lowest BCUT2D eigenvalue weighted by molar-refractivity contribution is -0.137. The lowest BCUT2D eigenvalue weighted by Crippen LogP contribution is -2.40. The van der Waals surface area contributed by atoms with Crippen molar-refractivity contribution in [2.24, 2.45) is 11.8 Å². The van der Waals surface area contributed by atoms with Gasteiger partial charge in [0.05, 0.1) is 24.9 Å². The highest BCUT2D eigenvalue weighted by Gasteiger charge is 2.39. The topological polar surface area (TPSA) is 99.0 Å². The van der Waals surface area contributed by atoms with Crippen LogP contribution in [0.3, 0.4) is 0 Å². The van der Waals surface area contributed by atoms with Gasteiger partial charge >= 0.3 is 5.97 Å². The maximum atomic E-state index is 10.6. The first-order valence-corrected chi connectivity index (χ1v) is 7.11. The molecule has 2 aliphatic rings. The van der Waals surface area contributed by atoms with E-state index in [1.165, 1.54) is 0 Å². The lowest BCUT2D eigenvalue weighted by atomic mass is 9.81. The molecule has 0 spiro atoms. The van der Waals surface area contributed by atoms with Crippen molar-refractivity contribution in [3.63, 3.8) is 0 Å². The van der Waals surface area contributed by atoms with E-state index in [-0.39, 0.29) is 24.5 Å². The number of carboxylic acids is 1. The van der Waals surface area contributed by atoms with E-state index in [4.69, 9.17) is 9.84 Å². The Labute approximate surface area is 118 Å². The van der Waals surface area contributed by atoms with E-state index in [1.54, 1.807) is 6.92 Å². The van der Waals surface area contributed by atoms with E-state index < -0.39 is 12.2 Å². The predicted molar refractivity (Wildman–Crippen MR) is 72.1 cm³/mol. The molecule has 4 N–H and O–H groups in total. The number of nitrogens with one attached hydrogen (secondary N) is 1. The molecule has 0 saturated carbocycles. The van der Waals surface area contributed by atoms with E-state index in [0.717, 1.165) is 6.42 Å². The third-order valence-corrected chi connectivity index (χ3v) is 4.13. The molecule has 0 aromatic heterocycles. The number of carboxylic acid groups (broad SMARTS) is 1. The number of rotatable bonds is 6. The van der Waals surface area contributed by atoms with Gasteiger partial charge in [0.1, 0.15) is 6.23 Å². The fraction of sp³-hybridized carbons (Fsp3) is 0.786. The molecule has 6 heteroatoms. The molecule has 1 saturated heterocycles. The van der Waals surface area contributed by atoms with Gasteiger partial charge in [0.15, 0.2) is 0 Å². The van der Waals surface area contributed by atoms with Crippen LogP contribution in [-0.4, -0.2) is 46.3 Å². The van der Waals surface area contributed by atoms with Crippen LogP contribution >= 0.6 is 0 Å². The van der Waals surface area contributed by atoms with Gasteiger partial charge in [-0.15, -0.1) is 0 Å². The van der Waals surface area contributed by atoms with Gasteiger partial charge in [0, 0.05) is 12.5 Å². The maximum absolute atomic E-state index is 10.6. The molecule has 5 atom stereocenters. The highest BCUT2D eigenvalue weighted by atomic mass is 16.5. The molecule has 0 amide bonds. The highest BCUT2D eigenvalue weighted by molar-refractivity contribution is 5.67. The molecule has 1 heterocycles. The summed E-state index contributed by atoms with van der Waals surface area (Å²) in [5, 5.41) is 31.1. The van der Waals surface area contributed by atoms with E-state index in [1.807, 2.05) is 6.08 Å². The molecule has 1 unspecified atom stereocenters. The lowest BCUT2D eigenvalue weighted by Gasteiger charge is -2.27. The highest BCUT2D eigenvalue weighted by Crippen LogP contribution is 2.38. The smallest absolute Gasteiger partial charge is 0.304 e. The zero-order chi connectivity index (χ0) is 14.7. The van der Waals surface area contributed by atoms with Gasteiger partial charge in [-0.2, -0.15) is 0 Å². The molecule has 0 aromatic rings. The molecule has 0 radical (unpaired) electrons. The van der Waals surface area contributed by atoms with Crippen molar-refractivity contribution in [3.8, 4) is 0 Å². The Bertz CT molecular complexity index is 384. The average Bonchev–Trinajstić information content (AvgIpc) is 2.70. The summed E-state index contributed by atoms with van der Waals surface area (Å²) in [6.07, 6.45) is 3.01. The first kappa shape index (κ1) is 15.3. The number of aliphatic hydroxyl groups is 2. The van der Waals surface area contributed by atoms with Gasteiger partial charge in [0.2, 0.25) is 0 Å². The molecule has 0 bridgehead atoms. The van der Waals surface area contributed by atoms with Crippen LogP contribution in [0.25, 0.3) is 0 Å². The van der Waals surface area contributed by atoms with Crippen LogP contribution in [0, 0.1) is 11.8 Å². The van der Waals surface area contributed by atoms with Crippen LogP contribution < -0.4 is 5.32 Å². The minimum atomic E-state index is -0.880. The average molecular weight is 285 g/mol. The Hall–Kier alpha value is -1.11. The molecular formula is C14H23NO5. The van der Waals surface area contributed by atoms with Crippen LogP contribution in [0.15, 0.2) is 11.8 Å². The predicted octanol–water partition coefficient (Wildman–Crippen LogP) is 1.01. The van der Waals surface area contributed by atoms with Gasteiger partial charge < -0.3 is 20.1 Å². The number of ether oxygens (including phenoxy) is 1. The number of carbonyl (C=O) groups is 1. The van der Waals surface area contributed by atoms with Crippen LogP contribution in [-0.2, 0) is 9.53 Å². The third kappa shape index (κ3) is 3.94. The largest absolute Gasteiger partial charge is 0.513 e. The van der Waals surface area contributed by atoms with Crippen LogP contribution in [0.2, 0.25) is 0 Å². The summed E-state index contributed by atoms with van der Waals surface area (Å²) in [5.74, 6) is 0.0796. The van der Waals surface area contributed by atoms with E-state index >= 15 is 0 Å². The van der Waals surface area contributed by atoms with Gasteiger partial charge in [-0.1, -0.05) is 0 Å². The van der Waals surface area contributed by atoms with Crippen molar-refractivity contribution < 1.29 is 24.9 Å². The summed E-state index contributed by atoms with van der Waals surface area (Å²) in [5.41, 5.74) is 0. The number of aliphatic hydroxyl groups excluding tert-OH is 2. The summed E-state index contributed by atoms with van der Waals surface area (Å²) in [7, 11) is 0. The molecule has 1 aliphatic heterocycles. The van der Waals surface area contributed by atoms with Crippen molar-refractivity contribution in [1.82, 2.24) is 5.32 Å². The molecule has 2 rings (SSSR count). The van der Waals surface area contributed by atoms with Crippen molar-refractivity contribution in [2.75, 3.05) is 6.61 Å². The second kappa shape index (κ2) is 6.56. The number of allylic oxidation sites excluding steroid dienone is 1. The first-order valence-electron chi connectivity index (χ1n) is 7.11. The minimum Gasteiger partial charge on any atom is -0.513 e. The molecule has 20 heavy (non-hydrogen) atoms. The minimum absolute atomic E-state index is 0.0130. The fourth-order valence-electron chi connectivity index (χ4n) is 3.16. The Morgan fingerprint density at radius 1 is 1.60 bits per heavy atom. The van der Waals surface area contributed by atoms with Crippen molar-refractivity contribution in [3.05, 3.63) is 11.8 Å². The van der Waals surface area contributed by atoms with E-state index in [9.17, 15) is 15.0 Å². The van der Waals surface area contributed by atoms with Crippen molar-refractivity contribution >= 4 is 5.97 Å². The quantitative estimate of drug-likeness (QED) is 0.544. The molecule has 0 aromatic carbocycles. The van der Waals surface area contributed by atoms with E-state index in [2.05, 4.69) is 5.32 Å². The fourth-order valence-corrected chi connectivity index (χ4v) is 3.16. The Balaban J connectivity index is 1.80. The Kier molecular flexibility index (Phi) is 5.01. The van der Waals surface area contributed by atoms with Gasteiger partial charge in [-0.05, 0) is 37.7 Å². The zero-order valence-corrected chi connectivity index (χ0v) is 11.7. The zero-order valence-electron chi connectivity index (χ0n) is 11.7. The number of hydrogen-bond donors (Lipinski definition) is 4. The Morgan fingerprint density at radius 2 is 2.35 bits per heavy atom. The summed E-state index contributed by atoms with van der Waals surface area (Å²) in [4.78, 5) is 10.6. The van der Waals surface area contributed by atoms with Crippen LogP contribution in [0.1, 0.15) is 32.6 Å². The molecule has 1 fully saturated rings. The van der Waals surface area contributed by atoms with Gasteiger partial charge in [-0.25, -0.2) is 0 Å². The summed E-state index contributed by atoms with van der Waals surface area (Å²) in [6.45, 7) is 2.33. The summed E-state index contributed by atoms with van der Waals surface area (Å²) >= 11 is 0. The summed E-state index contributed by atoms with van der Waals surface area (Å²) < 4.78 is 5.68. The second-order valence-electron chi connectivity index (χ2n) is 5.85. The number of hydrogen-bond acceptors (Lipinski definition) is 5. The molecule has 1 aliphatic carbocycles. The van der Waals surface area contributed by atoms with Crippen LogP contribution in [0.5, 0.6) is 0 Å². The SMILES string of the molecule is CC(CC(=O)O)N[C@H](O)C[C@H]1CO[C@H]2CC(O)=CC[C@@H]12. The molecule has 6 nitrogen and oxygen atoms in total. The number of aliphatic carboxylic acids is 1. The van der Waals surface area contributed by atoms with Gasteiger partial charge in [-0.3, -0.25) is 10.1 Å². The van der Waals surface area contributed by atoms with Gasteiger partial charge in [0.25, 0.3) is 0 Å². The second-order valence-corrected chi connectivity index (χ2v) is 5.85. The monoisotopic (exact) mass is 285 g/mol. The maximum Gasteiger partial charge on any atom is 0.304 e. The normalized spacial score (nSPS) is 32.3. The first-order chi connectivity index (χ1) is 9.45. The van der Waals surface area contributed by atoms with E-state index in [0.29, 0.717) is 31.1 Å². The standard InChI is InChI=1S/C14H23NO5/c1-8(4-14(18)19)15-13(17)5-9-7-20-12-6-10(16)2-3-11(9)12/h2,8-9,11-13,15-17H,3-7H2,1H3,(H,18,19)/t8?,9-,11-,12-,13+/m0/s1. The van der Waals surface area contributed by atoms with Crippen LogP contribution in [0.4, 0.5) is 0 Å².